The highest BCUT2D eigenvalue weighted by molar-refractivity contribution is 6.37. The summed E-state index contributed by atoms with van der Waals surface area (Å²) in [6, 6.07) is 27.9. The molecule has 4 aromatic carbocycles. The van der Waals surface area contributed by atoms with Crippen molar-refractivity contribution in [2.75, 3.05) is 16.8 Å². The Bertz CT molecular complexity index is 1400. The predicted octanol–water partition coefficient (Wildman–Crippen LogP) is 7.12. The zero-order valence-corrected chi connectivity index (χ0v) is 19.6. The summed E-state index contributed by atoms with van der Waals surface area (Å²) in [4.78, 5) is 27.9. The van der Waals surface area contributed by atoms with Gasteiger partial charge in [0.05, 0.1) is 16.3 Å². The first-order valence-corrected chi connectivity index (χ1v) is 11.6. The number of anilines is 2. The highest BCUT2D eigenvalue weighted by Crippen LogP contribution is 2.36. The number of fused-ring (bicyclic) bond motifs is 3. The van der Waals surface area contributed by atoms with Crippen LogP contribution in [-0.4, -0.2) is 18.4 Å². The Balaban J connectivity index is 1.38. The molecule has 4 nitrogen and oxygen atoms in total. The van der Waals surface area contributed by atoms with Gasteiger partial charge >= 0.3 is 0 Å². The molecule has 2 amide bonds. The van der Waals surface area contributed by atoms with Crippen LogP contribution in [0.5, 0.6) is 0 Å². The van der Waals surface area contributed by atoms with Crippen LogP contribution in [0.2, 0.25) is 10.0 Å². The van der Waals surface area contributed by atoms with Crippen LogP contribution in [0.3, 0.4) is 0 Å². The van der Waals surface area contributed by atoms with Gasteiger partial charge in [-0.2, -0.15) is 0 Å². The second-order valence-electron chi connectivity index (χ2n) is 8.04. The maximum atomic E-state index is 13.5. The van der Waals surface area contributed by atoms with E-state index in [0.717, 1.165) is 23.2 Å². The molecule has 1 N–H and O–H groups in total. The fourth-order valence-electron chi connectivity index (χ4n) is 4.23. The van der Waals surface area contributed by atoms with Crippen molar-refractivity contribution < 1.29 is 9.59 Å². The van der Waals surface area contributed by atoms with E-state index in [4.69, 9.17) is 23.2 Å². The molecule has 4 aromatic rings. The summed E-state index contributed by atoms with van der Waals surface area (Å²) in [6.07, 6.45) is 0.770. The van der Waals surface area contributed by atoms with Crippen LogP contribution in [0.1, 0.15) is 26.3 Å². The molecule has 0 aliphatic carbocycles. The second kappa shape index (κ2) is 9.34. The van der Waals surface area contributed by atoms with Crippen LogP contribution >= 0.6 is 23.2 Å². The molecule has 0 saturated carbocycles. The summed E-state index contributed by atoms with van der Waals surface area (Å²) in [6.45, 7) is 0.584. The molecule has 0 radical (unpaired) electrons. The van der Waals surface area contributed by atoms with E-state index in [-0.39, 0.29) is 16.8 Å². The molecule has 0 unspecified atom stereocenters. The Kier molecular flexibility index (Phi) is 6.10. The van der Waals surface area contributed by atoms with Crippen molar-refractivity contribution >= 4 is 46.4 Å². The molecule has 1 heterocycles. The van der Waals surface area contributed by atoms with Crippen LogP contribution in [0.25, 0.3) is 11.1 Å². The number of rotatable bonds is 3. The van der Waals surface area contributed by atoms with E-state index in [2.05, 4.69) is 23.5 Å². The summed E-state index contributed by atoms with van der Waals surface area (Å²) in [5.74, 6) is -0.432. The van der Waals surface area contributed by atoms with Crippen LogP contribution in [0.15, 0.2) is 91.0 Å². The van der Waals surface area contributed by atoms with Crippen molar-refractivity contribution in [1.82, 2.24) is 0 Å². The lowest BCUT2D eigenvalue weighted by molar-refractivity contribution is 0.0986. The summed E-state index contributed by atoms with van der Waals surface area (Å²) >= 11 is 12.0. The molecule has 0 fully saturated rings. The molecular formula is C28H20Cl2N2O2. The van der Waals surface area contributed by atoms with Crippen LogP contribution in [0.4, 0.5) is 11.4 Å². The summed E-state index contributed by atoms with van der Waals surface area (Å²) in [5, 5.41) is 3.55. The SMILES string of the molecule is O=C(Nc1ccc(C(=O)N2CCc3ccccc3-c3ccccc32)cc1)c1ccc(Cl)cc1Cl. The molecule has 0 bridgehead atoms. The van der Waals surface area contributed by atoms with Gasteiger partial charge in [0.1, 0.15) is 0 Å². The minimum atomic E-state index is -0.347. The third kappa shape index (κ3) is 4.30. The molecule has 0 saturated heterocycles. The quantitative estimate of drug-likeness (QED) is 0.335. The van der Waals surface area contributed by atoms with Gasteiger partial charge in [-0.05, 0) is 66.1 Å². The number of hydrogen-bond donors (Lipinski definition) is 1. The number of para-hydroxylation sites is 1. The van der Waals surface area contributed by atoms with Crippen LogP contribution in [-0.2, 0) is 6.42 Å². The lowest BCUT2D eigenvalue weighted by atomic mass is 9.98. The Hall–Kier alpha value is -3.60. The van der Waals surface area contributed by atoms with Crippen molar-refractivity contribution in [3.8, 4) is 11.1 Å². The fourth-order valence-corrected chi connectivity index (χ4v) is 4.72. The summed E-state index contributed by atoms with van der Waals surface area (Å²) in [5.41, 5.74) is 5.77. The number of carbonyl (C=O) groups excluding carboxylic acids is 2. The average molecular weight is 487 g/mol. The van der Waals surface area contributed by atoms with E-state index in [1.807, 2.05) is 35.2 Å². The minimum absolute atomic E-state index is 0.0844. The van der Waals surface area contributed by atoms with Gasteiger partial charge in [-0.1, -0.05) is 65.7 Å². The van der Waals surface area contributed by atoms with E-state index in [9.17, 15) is 9.59 Å². The van der Waals surface area contributed by atoms with Crippen LogP contribution < -0.4 is 10.2 Å². The van der Waals surface area contributed by atoms with Gasteiger partial charge in [-0.15, -0.1) is 0 Å². The highest BCUT2D eigenvalue weighted by Gasteiger charge is 2.24. The van der Waals surface area contributed by atoms with E-state index in [1.54, 1.807) is 36.4 Å². The Labute approximate surface area is 207 Å². The first-order chi connectivity index (χ1) is 16.5. The number of nitrogens with zero attached hydrogens (tertiary/aromatic N) is 1. The minimum Gasteiger partial charge on any atom is -0.322 e. The number of benzene rings is 4. The lowest BCUT2D eigenvalue weighted by Crippen LogP contribution is -2.32. The summed E-state index contributed by atoms with van der Waals surface area (Å²) < 4.78 is 0. The van der Waals surface area contributed by atoms with Crippen molar-refractivity contribution in [3.63, 3.8) is 0 Å². The molecule has 168 valence electrons. The number of halogens is 2. The monoisotopic (exact) mass is 486 g/mol. The molecule has 0 atom stereocenters. The van der Waals surface area contributed by atoms with Gasteiger partial charge in [-0.3, -0.25) is 9.59 Å². The first-order valence-electron chi connectivity index (χ1n) is 10.9. The number of hydrogen-bond acceptors (Lipinski definition) is 2. The van der Waals surface area contributed by atoms with E-state index in [1.165, 1.54) is 11.6 Å². The van der Waals surface area contributed by atoms with Gasteiger partial charge in [0.15, 0.2) is 0 Å². The molecule has 5 rings (SSSR count). The zero-order valence-electron chi connectivity index (χ0n) is 18.1. The normalized spacial score (nSPS) is 12.4. The van der Waals surface area contributed by atoms with Gasteiger partial charge in [-0.25, -0.2) is 0 Å². The average Bonchev–Trinajstić information content (AvgIpc) is 3.01. The van der Waals surface area contributed by atoms with Gasteiger partial charge in [0, 0.05) is 28.4 Å². The summed E-state index contributed by atoms with van der Waals surface area (Å²) in [7, 11) is 0. The topological polar surface area (TPSA) is 49.4 Å². The third-order valence-electron chi connectivity index (χ3n) is 5.92. The van der Waals surface area contributed by atoms with Crippen molar-refractivity contribution in [2.24, 2.45) is 0 Å². The lowest BCUT2D eigenvalue weighted by Gasteiger charge is -2.23. The standard InChI is InChI=1S/C28H20Cl2N2O2/c29-20-11-14-24(25(30)17-20)27(33)31-21-12-9-19(10-13-21)28(34)32-16-15-18-5-1-2-6-22(18)23-7-3-4-8-26(23)32/h1-14,17H,15-16H2,(H,31,33). The Morgan fingerprint density at radius 1 is 0.794 bits per heavy atom. The van der Waals surface area contributed by atoms with Gasteiger partial charge in [0.2, 0.25) is 0 Å². The number of carbonyl (C=O) groups is 2. The van der Waals surface area contributed by atoms with Gasteiger partial charge in [0.25, 0.3) is 11.8 Å². The van der Waals surface area contributed by atoms with Crippen molar-refractivity contribution in [2.45, 2.75) is 6.42 Å². The van der Waals surface area contributed by atoms with E-state index in [0.29, 0.717) is 28.4 Å². The number of amides is 2. The maximum Gasteiger partial charge on any atom is 0.258 e. The molecule has 34 heavy (non-hydrogen) atoms. The Morgan fingerprint density at radius 2 is 1.50 bits per heavy atom. The predicted molar refractivity (Wildman–Crippen MR) is 138 cm³/mol. The van der Waals surface area contributed by atoms with Gasteiger partial charge < -0.3 is 10.2 Å². The smallest absolute Gasteiger partial charge is 0.258 e. The molecule has 0 aromatic heterocycles. The van der Waals surface area contributed by atoms with E-state index >= 15 is 0 Å². The Morgan fingerprint density at radius 3 is 2.26 bits per heavy atom. The molecule has 0 spiro atoms. The fraction of sp³-hybridized carbons (Fsp3) is 0.0714. The van der Waals surface area contributed by atoms with Crippen molar-refractivity contribution in [1.29, 1.82) is 0 Å². The van der Waals surface area contributed by atoms with E-state index < -0.39 is 0 Å². The molecule has 6 heteroatoms. The molecule has 1 aliphatic heterocycles. The largest absolute Gasteiger partial charge is 0.322 e. The highest BCUT2D eigenvalue weighted by atomic mass is 35.5. The second-order valence-corrected chi connectivity index (χ2v) is 8.88. The number of nitrogens with one attached hydrogen (secondary N) is 1. The molecule has 1 aliphatic rings. The van der Waals surface area contributed by atoms with Crippen molar-refractivity contribution in [3.05, 3.63) is 118 Å². The molecular weight excluding hydrogens is 467 g/mol. The van der Waals surface area contributed by atoms with Crippen LogP contribution in [0, 0.1) is 0 Å². The maximum absolute atomic E-state index is 13.5. The third-order valence-corrected chi connectivity index (χ3v) is 6.47. The zero-order chi connectivity index (χ0) is 23.7. The first kappa shape index (κ1) is 22.2.